The summed E-state index contributed by atoms with van der Waals surface area (Å²) in [7, 11) is 0. The minimum absolute atomic E-state index is 0.115. The van der Waals surface area contributed by atoms with Crippen molar-refractivity contribution in [2.45, 2.75) is 64.1 Å². The number of piperidine rings is 1. The Bertz CT molecular complexity index is 460. The van der Waals surface area contributed by atoms with Crippen LogP contribution in [-0.4, -0.2) is 24.7 Å². The Labute approximate surface area is 121 Å². The summed E-state index contributed by atoms with van der Waals surface area (Å²) in [5.41, 5.74) is 2.31. The quantitative estimate of drug-likeness (QED) is 0.903. The lowest BCUT2D eigenvalue weighted by molar-refractivity contribution is 0.356. The third-order valence-electron chi connectivity index (χ3n) is 4.87. The maximum Gasteiger partial charge on any atom is 0.125 e. The Kier molecular flexibility index (Phi) is 3.97. The smallest absolute Gasteiger partial charge is 0.125 e. The van der Waals surface area contributed by atoms with E-state index >= 15 is 0 Å². The van der Waals surface area contributed by atoms with Gasteiger partial charge in [-0.3, -0.25) is 0 Å². The first-order chi connectivity index (χ1) is 9.69. The molecule has 2 heterocycles. The molecular formula is C17H25FN2. The van der Waals surface area contributed by atoms with Crippen LogP contribution in [0.2, 0.25) is 0 Å². The highest BCUT2D eigenvalue weighted by molar-refractivity contribution is 5.56. The Morgan fingerprint density at radius 3 is 2.60 bits per heavy atom. The number of aryl methyl sites for hydroxylation is 1. The average Bonchev–Trinajstić information content (AvgIpc) is 2.70. The monoisotopic (exact) mass is 276 g/mol. The van der Waals surface area contributed by atoms with Crippen molar-refractivity contribution in [2.75, 3.05) is 11.4 Å². The van der Waals surface area contributed by atoms with Gasteiger partial charge in [0, 0.05) is 23.8 Å². The van der Waals surface area contributed by atoms with Crippen LogP contribution in [0.1, 0.15) is 44.6 Å². The Morgan fingerprint density at radius 1 is 1.25 bits per heavy atom. The molecule has 0 aliphatic carbocycles. The molecule has 2 atom stereocenters. The summed E-state index contributed by atoms with van der Waals surface area (Å²) < 4.78 is 13.6. The van der Waals surface area contributed by atoms with Gasteiger partial charge in [-0.05, 0) is 63.3 Å². The maximum absolute atomic E-state index is 13.6. The topological polar surface area (TPSA) is 15.3 Å². The molecule has 2 nitrogen and oxygen atoms in total. The largest absolute Gasteiger partial charge is 0.365 e. The molecule has 2 aliphatic heterocycles. The Balaban J connectivity index is 1.78. The number of hydrogen-bond donors (Lipinski definition) is 1. The molecule has 3 heteroatoms. The van der Waals surface area contributed by atoms with E-state index in [1.165, 1.54) is 37.7 Å². The highest BCUT2D eigenvalue weighted by Crippen LogP contribution is 2.40. The summed E-state index contributed by atoms with van der Waals surface area (Å²) in [6.07, 6.45) is 6.10. The number of nitrogens with zero attached hydrogens (tertiary/aromatic N) is 1. The van der Waals surface area contributed by atoms with Gasteiger partial charge in [0.05, 0.1) is 0 Å². The fraction of sp³-hybridized carbons (Fsp3) is 0.647. The number of benzene rings is 1. The zero-order valence-corrected chi connectivity index (χ0v) is 12.5. The molecule has 0 saturated carbocycles. The van der Waals surface area contributed by atoms with Crippen molar-refractivity contribution in [3.63, 3.8) is 0 Å². The lowest BCUT2D eigenvalue weighted by Gasteiger charge is -2.41. The molecule has 2 unspecified atom stereocenters. The van der Waals surface area contributed by atoms with E-state index in [1.807, 2.05) is 6.07 Å². The lowest BCUT2D eigenvalue weighted by atomic mass is 9.95. The second-order valence-electron chi connectivity index (χ2n) is 6.35. The van der Waals surface area contributed by atoms with Crippen molar-refractivity contribution in [2.24, 2.45) is 0 Å². The molecule has 1 N–H and O–H groups in total. The van der Waals surface area contributed by atoms with Crippen LogP contribution in [0.4, 0.5) is 10.1 Å². The van der Waals surface area contributed by atoms with E-state index in [-0.39, 0.29) is 5.82 Å². The van der Waals surface area contributed by atoms with E-state index in [4.69, 9.17) is 0 Å². The molecule has 20 heavy (non-hydrogen) atoms. The first kappa shape index (κ1) is 13.9. The van der Waals surface area contributed by atoms with Gasteiger partial charge < -0.3 is 10.2 Å². The summed E-state index contributed by atoms with van der Waals surface area (Å²) in [4.78, 5) is 2.50. The molecule has 3 rings (SSSR count). The van der Waals surface area contributed by atoms with Crippen molar-refractivity contribution in [3.05, 3.63) is 29.6 Å². The van der Waals surface area contributed by atoms with E-state index in [1.54, 1.807) is 12.1 Å². The van der Waals surface area contributed by atoms with Crippen LogP contribution < -0.4 is 10.2 Å². The Morgan fingerprint density at radius 2 is 1.95 bits per heavy atom. The molecule has 1 aromatic carbocycles. The standard InChI is InChI=1S/C17H25FN2/c1-3-8-19-14-10-15-6-7-16(11-14)20(15)17-9-13(18)5-4-12(17)2/h4-5,9,14-16,19H,3,6-8,10-11H2,1-2H3. The van der Waals surface area contributed by atoms with Crippen LogP contribution >= 0.6 is 0 Å². The lowest BCUT2D eigenvalue weighted by Crippen LogP contribution is -2.49. The number of halogens is 1. The second-order valence-corrected chi connectivity index (χ2v) is 6.35. The van der Waals surface area contributed by atoms with E-state index in [9.17, 15) is 4.39 Å². The molecular weight excluding hydrogens is 251 g/mol. The third kappa shape index (κ3) is 2.56. The van der Waals surface area contributed by atoms with Crippen molar-refractivity contribution >= 4 is 5.69 Å². The highest BCUT2D eigenvalue weighted by Gasteiger charge is 2.40. The molecule has 0 spiro atoms. The first-order valence-corrected chi connectivity index (χ1v) is 7.97. The third-order valence-corrected chi connectivity index (χ3v) is 4.87. The summed E-state index contributed by atoms with van der Waals surface area (Å²) in [6, 6.07) is 7.02. The number of fused-ring (bicyclic) bond motifs is 2. The fourth-order valence-corrected chi connectivity index (χ4v) is 3.95. The second kappa shape index (κ2) is 5.72. The molecule has 2 saturated heterocycles. The zero-order chi connectivity index (χ0) is 14.1. The van der Waals surface area contributed by atoms with E-state index < -0.39 is 0 Å². The minimum atomic E-state index is -0.115. The van der Waals surface area contributed by atoms with Crippen molar-refractivity contribution in [1.82, 2.24) is 5.32 Å². The van der Waals surface area contributed by atoms with Gasteiger partial charge >= 0.3 is 0 Å². The molecule has 110 valence electrons. The minimum Gasteiger partial charge on any atom is -0.365 e. The van der Waals surface area contributed by atoms with Gasteiger partial charge in [-0.15, -0.1) is 0 Å². The molecule has 2 fully saturated rings. The van der Waals surface area contributed by atoms with Gasteiger partial charge in [0.25, 0.3) is 0 Å². The van der Waals surface area contributed by atoms with E-state index in [0.717, 1.165) is 12.2 Å². The summed E-state index contributed by atoms with van der Waals surface area (Å²) in [6.45, 7) is 5.42. The molecule has 0 amide bonds. The van der Waals surface area contributed by atoms with Crippen LogP contribution in [0.15, 0.2) is 18.2 Å². The van der Waals surface area contributed by atoms with E-state index in [2.05, 4.69) is 24.1 Å². The van der Waals surface area contributed by atoms with Crippen LogP contribution in [-0.2, 0) is 0 Å². The van der Waals surface area contributed by atoms with Crippen LogP contribution in [0.5, 0.6) is 0 Å². The Hall–Kier alpha value is -1.09. The van der Waals surface area contributed by atoms with Gasteiger partial charge in [0.15, 0.2) is 0 Å². The van der Waals surface area contributed by atoms with Crippen molar-refractivity contribution in [1.29, 1.82) is 0 Å². The maximum atomic E-state index is 13.6. The summed E-state index contributed by atoms with van der Waals surface area (Å²) >= 11 is 0. The number of hydrogen-bond acceptors (Lipinski definition) is 2. The first-order valence-electron chi connectivity index (χ1n) is 7.97. The zero-order valence-electron chi connectivity index (χ0n) is 12.5. The van der Waals surface area contributed by atoms with Gasteiger partial charge in [-0.2, -0.15) is 0 Å². The summed E-state index contributed by atoms with van der Waals surface area (Å²) in [5, 5.41) is 3.67. The van der Waals surface area contributed by atoms with Gasteiger partial charge in [-0.25, -0.2) is 4.39 Å². The molecule has 0 aromatic heterocycles. The van der Waals surface area contributed by atoms with Crippen molar-refractivity contribution < 1.29 is 4.39 Å². The number of anilines is 1. The summed E-state index contributed by atoms with van der Waals surface area (Å²) in [5.74, 6) is -0.115. The fourth-order valence-electron chi connectivity index (χ4n) is 3.95. The SMILES string of the molecule is CCCNC1CC2CCC(C1)N2c1cc(F)ccc1C. The molecule has 1 aromatic rings. The predicted molar refractivity (Wildman–Crippen MR) is 81.7 cm³/mol. The van der Waals surface area contributed by atoms with Gasteiger partial charge in [0.1, 0.15) is 5.82 Å². The molecule has 2 bridgehead atoms. The average molecular weight is 276 g/mol. The van der Waals surface area contributed by atoms with Crippen LogP contribution in [0.25, 0.3) is 0 Å². The van der Waals surface area contributed by atoms with Gasteiger partial charge in [0.2, 0.25) is 0 Å². The van der Waals surface area contributed by atoms with Crippen LogP contribution in [0, 0.1) is 12.7 Å². The normalized spacial score (nSPS) is 28.9. The van der Waals surface area contributed by atoms with E-state index in [0.29, 0.717) is 18.1 Å². The van der Waals surface area contributed by atoms with Crippen molar-refractivity contribution in [3.8, 4) is 0 Å². The number of rotatable bonds is 4. The molecule has 0 radical (unpaired) electrons. The van der Waals surface area contributed by atoms with Gasteiger partial charge in [-0.1, -0.05) is 13.0 Å². The highest BCUT2D eigenvalue weighted by atomic mass is 19.1. The van der Waals surface area contributed by atoms with Crippen LogP contribution in [0.3, 0.4) is 0 Å². The predicted octanol–water partition coefficient (Wildman–Crippen LogP) is 3.63. The number of nitrogens with one attached hydrogen (secondary N) is 1. The molecule has 2 aliphatic rings.